The summed E-state index contributed by atoms with van der Waals surface area (Å²) in [7, 11) is 0. The van der Waals surface area contributed by atoms with E-state index in [2.05, 4.69) is 5.32 Å². The summed E-state index contributed by atoms with van der Waals surface area (Å²) in [5.41, 5.74) is 2.69. The van der Waals surface area contributed by atoms with Gasteiger partial charge in [0.25, 0.3) is 0 Å². The summed E-state index contributed by atoms with van der Waals surface area (Å²) >= 11 is 12.7. The quantitative estimate of drug-likeness (QED) is 0.625. The molecule has 0 heterocycles. The van der Waals surface area contributed by atoms with Crippen LogP contribution >= 0.6 is 23.2 Å². The fourth-order valence-corrected chi connectivity index (χ4v) is 4.33. The zero-order valence-electron chi connectivity index (χ0n) is 17.5. The Morgan fingerprint density at radius 2 is 1.67 bits per heavy atom. The minimum atomic E-state index is -0.629. The van der Waals surface area contributed by atoms with E-state index in [9.17, 15) is 9.59 Å². The van der Waals surface area contributed by atoms with Crippen molar-refractivity contribution in [2.45, 2.75) is 64.6 Å². The Bertz CT molecular complexity index is 872. The molecule has 1 aliphatic carbocycles. The van der Waals surface area contributed by atoms with Crippen molar-refractivity contribution >= 4 is 35.0 Å². The van der Waals surface area contributed by atoms with Gasteiger partial charge in [-0.25, -0.2) is 0 Å². The second kappa shape index (κ2) is 10.3. The Morgan fingerprint density at radius 3 is 2.27 bits per heavy atom. The lowest BCUT2D eigenvalue weighted by Gasteiger charge is -2.30. The van der Waals surface area contributed by atoms with Gasteiger partial charge >= 0.3 is 0 Å². The Labute approximate surface area is 188 Å². The van der Waals surface area contributed by atoms with Gasteiger partial charge in [0.1, 0.15) is 6.04 Å². The number of amides is 2. The van der Waals surface area contributed by atoms with E-state index in [0.29, 0.717) is 15.6 Å². The summed E-state index contributed by atoms with van der Waals surface area (Å²) in [4.78, 5) is 27.8. The fourth-order valence-electron chi connectivity index (χ4n) is 3.81. The monoisotopic (exact) mass is 446 g/mol. The van der Waals surface area contributed by atoms with Gasteiger partial charge in [-0.3, -0.25) is 9.59 Å². The summed E-state index contributed by atoms with van der Waals surface area (Å²) in [5, 5.41) is 4.07. The molecule has 1 atom stereocenters. The third-order valence-electron chi connectivity index (χ3n) is 5.73. The van der Waals surface area contributed by atoms with Crippen LogP contribution in [0.25, 0.3) is 0 Å². The zero-order chi connectivity index (χ0) is 21.7. The average molecular weight is 447 g/mol. The van der Waals surface area contributed by atoms with Crippen molar-refractivity contribution in [2.75, 3.05) is 0 Å². The number of rotatable bonds is 7. The SMILES string of the molecule is Cc1ccc(CC(=O)N(Cc2c(Cl)cccc2Cl)[C@H](C)C(=O)NC2CCCC2)cc1. The molecule has 0 radical (unpaired) electrons. The lowest BCUT2D eigenvalue weighted by Crippen LogP contribution is -2.50. The largest absolute Gasteiger partial charge is 0.352 e. The van der Waals surface area contributed by atoms with Gasteiger partial charge in [-0.1, -0.05) is 71.9 Å². The third-order valence-corrected chi connectivity index (χ3v) is 6.44. The number of hydrogen-bond donors (Lipinski definition) is 1. The van der Waals surface area contributed by atoms with Crippen LogP contribution in [0.2, 0.25) is 10.0 Å². The molecule has 160 valence electrons. The van der Waals surface area contributed by atoms with Crippen molar-refractivity contribution in [2.24, 2.45) is 0 Å². The van der Waals surface area contributed by atoms with E-state index in [-0.39, 0.29) is 30.8 Å². The molecule has 0 aromatic heterocycles. The number of benzene rings is 2. The molecule has 2 amide bonds. The number of carbonyl (C=O) groups is 2. The van der Waals surface area contributed by atoms with Crippen LogP contribution in [0.1, 0.15) is 49.3 Å². The van der Waals surface area contributed by atoms with E-state index in [4.69, 9.17) is 23.2 Å². The maximum Gasteiger partial charge on any atom is 0.242 e. The van der Waals surface area contributed by atoms with Crippen molar-refractivity contribution in [1.29, 1.82) is 0 Å². The molecular weight excluding hydrogens is 419 g/mol. The topological polar surface area (TPSA) is 49.4 Å². The maximum atomic E-state index is 13.3. The van der Waals surface area contributed by atoms with Crippen LogP contribution in [-0.4, -0.2) is 28.8 Å². The van der Waals surface area contributed by atoms with E-state index in [0.717, 1.165) is 36.8 Å². The second-order valence-electron chi connectivity index (χ2n) is 8.05. The highest BCUT2D eigenvalue weighted by Gasteiger charge is 2.29. The second-order valence-corrected chi connectivity index (χ2v) is 8.86. The van der Waals surface area contributed by atoms with Crippen molar-refractivity contribution < 1.29 is 9.59 Å². The molecule has 0 aliphatic heterocycles. The number of nitrogens with one attached hydrogen (secondary N) is 1. The lowest BCUT2D eigenvalue weighted by molar-refractivity contribution is -0.140. The fraction of sp³-hybridized carbons (Fsp3) is 0.417. The summed E-state index contributed by atoms with van der Waals surface area (Å²) in [5.74, 6) is -0.272. The molecule has 0 spiro atoms. The van der Waals surface area contributed by atoms with E-state index >= 15 is 0 Å². The molecule has 1 fully saturated rings. The minimum Gasteiger partial charge on any atom is -0.352 e. The first-order chi connectivity index (χ1) is 14.3. The first kappa shape index (κ1) is 22.6. The van der Waals surface area contributed by atoms with Crippen molar-refractivity contribution in [1.82, 2.24) is 10.2 Å². The number of carbonyl (C=O) groups excluding carboxylic acids is 2. The number of aryl methyl sites for hydroxylation is 1. The highest BCUT2D eigenvalue weighted by atomic mass is 35.5. The predicted molar refractivity (Wildman–Crippen MR) is 122 cm³/mol. The van der Waals surface area contributed by atoms with Gasteiger partial charge in [0.05, 0.1) is 6.42 Å². The zero-order valence-corrected chi connectivity index (χ0v) is 19.0. The van der Waals surface area contributed by atoms with Crippen LogP contribution in [0, 0.1) is 6.92 Å². The maximum absolute atomic E-state index is 13.3. The summed E-state index contributed by atoms with van der Waals surface area (Å²) in [6.07, 6.45) is 4.46. The van der Waals surface area contributed by atoms with Crippen LogP contribution in [0.4, 0.5) is 0 Å². The van der Waals surface area contributed by atoms with Crippen LogP contribution < -0.4 is 5.32 Å². The Morgan fingerprint density at radius 1 is 1.07 bits per heavy atom. The highest BCUT2D eigenvalue weighted by molar-refractivity contribution is 6.36. The molecule has 4 nitrogen and oxygen atoms in total. The van der Waals surface area contributed by atoms with E-state index in [1.807, 2.05) is 31.2 Å². The molecule has 30 heavy (non-hydrogen) atoms. The van der Waals surface area contributed by atoms with Crippen LogP contribution in [-0.2, 0) is 22.6 Å². The van der Waals surface area contributed by atoms with Gasteiger partial charge in [-0.15, -0.1) is 0 Å². The molecule has 1 N–H and O–H groups in total. The molecule has 2 aromatic carbocycles. The third kappa shape index (κ3) is 5.77. The molecule has 0 saturated heterocycles. The normalized spacial score (nSPS) is 15.1. The predicted octanol–water partition coefficient (Wildman–Crippen LogP) is 5.32. The molecule has 1 aliphatic rings. The van der Waals surface area contributed by atoms with Gasteiger partial charge < -0.3 is 10.2 Å². The summed E-state index contributed by atoms with van der Waals surface area (Å²) < 4.78 is 0. The van der Waals surface area contributed by atoms with Gasteiger partial charge in [0, 0.05) is 28.2 Å². The first-order valence-corrected chi connectivity index (χ1v) is 11.2. The number of nitrogens with zero attached hydrogens (tertiary/aromatic N) is 1. The van der Waals surface area contributed by atoms with Crippen LogP contribution in [0.15, 0.2) is 42.5 Å². The van der Waals surface area contributed by atoms with Crippen molar-refractivity contribution in [3.8, 4) is 0 Å². The minimum absolute atomic E-state index is 0.135. The molecule has 6 heteroatoms. The van der Waals surface area contributed by atoms with Gasteiger partial charge in [-0.2, -0.15) is 0 Å². The lowest BCUT2D eigenvalue weighted by atomic mass is 10.1. The number of hydrogen-bond acceptors (Lipinski definition) is 2. The Balaban J connectivity index is 1.81. The van der Waals surface area contributed by atoms with E-state index in [1.54, 1.807) is 30.0 Å². The van der Waals surface area contributed by atoms with Crippen molar-refractivity contribution in [3.63, 3.8) is 0 Å². The average Bonchev–Trinajstić information content (AvgIpc) is 3.22. The van der Waals surface area contributed by atoms with Crippen LogP contribution in [0.3, 0.4) is 0 Å². The molecule has 0 unspecified atom stereocenters. The highest BCUT2D eigenvalue weighted by Crippen LogP contribution is 2.27. The molecular formula is C24H28Cl2N2O2. The molecule has 3 rings (SSSR count). The molecule has 0 bridgehead atoms. The van der Waals surface area contributed by atoms with Gasteiger partial charge in [-0.05, 0) is 44.4 Å². The Hall–Kier alpha value is -2.04. The smallest absolute Gasteiger partial charge is 0.242 e. The van der Waals surface area contributed by atoms with Crippen molar-refractivity contribution in [3.05, 3.63) is 69.2 Å². The first-order valence-electron chi connectivity index (χ1n) is 10.4. The number of halogens is 2. The Kier molecular flexibility index (Phi) is 7.79. The molecule has 1 saturated carbocycles. The summed E-state index contributed by atoms with van der Waals surface area (Å²) in [6, 6.07) is 12.7. The van der Waals surface area contributed by atoms with E-state index in [1.165, 1.54) is 0 Å². The van der Waals surface area contributed by atoms with Gasteiger partial charge in [0.15, 0.2) is 0 Å². The van der Waals surface area contributed by atoms with E-state index < -0.39 is 6.04 Å². The molecule has 2 aromatic rings. The summed E-state index contributed by atoms with van der Waals surface area (Å²) in [6.45, 7) is 3.96. The van der Waals surface area contributed by atoms with Gasteiger partial charge in [0.2, 0.25) is 11.8 Å². The van der Waals surface area contributed by atoms with Crippen LogP contribution in [0.5, 0.6) is 0 Å². The standard InChI is InChI=1S/C24H28Cl2N2O2/c1-16-10-12-18(13-11-16)14-23(29)28(15-20-21(25)8-5-9-22(20)26)17(2)24(30)27-19-6-3-4-7-19/h5,8-13,17,19H,3-4,6-7,14-15H2,1-2H3,(H,27,30)/t17-/m1/s1.